The van der Waals surface area contributed by atoms with E-state index in [0.29, 0.717) is 16.7 Å². The summed E-state index contributed by atoms with van der Waals surface area (Å²) in [6.45, 7) is 1.17. The Morgan fingerprint density at radius 3 is 2.50 bits per heavy atom. The Balaban J connectivity index is 2.72. The van der Waals surface area contributed by atoms with Crippen molar-refractivity contribution in [3.05, 3.63) is 34.9 Å². The molecule has 0 amide bonds. The van der Waals surface area contributed by atoms with Crippen molar-refractivity contribution in [2.45, 2.75) is 32.5 Å². The number of alkyl halides is 3. The normalized spacial score (nSPS) is 11.2. The molecule has 0 aliphatic heterocycles. The van der Waals surface area contributed by atoms with Crippen LogP contribution >= 0.6 is 0 Å². The maximum Gasteiger partial charge on any atom is 0.490 e. The van der Waals surface area contributed by atoms with Gasteiger partial charge in [0.25, 0.3) is 0 Å². The number of carboxylic acid groups (broad SMARTS) is 1. The van der Waals surface area contributed by atoms with E-state index < -0.39 is 24.7 Å². The highest BCUT2D eigenvalue weighted by Crippen LogP contribution is 2.19. The van der Waals surface area contributed by atoms with Crippen molar-refractivity contribution in [2.75, 3.05) is 0 Å². The molecule has 0 aliphatic rings. The molecule has 0 unspecified atom stereocenters. The summed E-state index contributed by atoms with van der Waals surface area (Å²) in [5.41, 5.74) is 1.75. The molecule has 0 aliphatic carbocycles. The summed E-state index contributed by atoms with van der Waals surface area (Å²) >= 11 is 0. The second kappa shape index (κ2) is 6.40. The molecule has 0 radical (unpaired) electrons. The number of esters is 1. The van der Waals surface area contributed by atoms with E-state index in [1.54, 1.807) is 25.1 Å². The minimum absolute atomic E-state index is 0.0785. The summed E-state index contributed by atoms with van der Waals surface area (Å²) in [6.07, 6.45) is -4.84. The standard InChI is InChI=1S/C13H13F3O4/c1-8-2-3-9(4-5-11(17)18)6-10(8)7-20-12(19)13(14,15)16/h2-3,6H,4-5,7H2,1H3,(H,17,18). The Kier molecular flexibility index (Phi) is 5.12. The molecule has 0 atom stereocenters. The third-order valence-electron chi connectivity index (χ3n) is 2.63. The van der Waals surface area contributed by atoms with Crippen LogP contribution in [0, 0.1) is 6.92 Å². The summed E-state index contributed by atoms with van der Waals surface area (Å²) in [5, 5.41) is 8.57. The molecule has 110 valence electrons. The van der Waals surface area contributed by atoms with Crippen molar-refractivity contribution in [2.24, 2.45) is 0 Å². The first-order valence-electron chi connectivity index (χ1n) is 5.74. The fourth-order valence-corrected chi connectivity index (χ4v) is 1.51. The van der Waals surface area contributed by atoms with Crippen LogP contribution in [0.3, 0.4) is 0 Å². The largest absolute Gasteiger partial charge is 0.490 e. The molecule has 0 saturated heterocycles. The van der Waals surface area contributed by atoms with Gasteiger partial charge in [-0.2, -0.15) is 13.2 Å². The lowest BCUT2D eigenvalue weighted by molar-refractivity contribution is -0.201. The first-order valence-corrected chi connectivity index (χ1v) is 5.74. The number of benzene rings is 1. The highest BCUT2D eigenvalue weighted by molar-refractivity contribution is 5.75. The van der Waals surface area contributed by atoms with Gasteiger partial charge in [-0.25, -0.2) is 4.79 Å². The van der Waals surface area contributed by atoms with Gasteiger partial charge in [0, 0.05) is 6.42 Å². The third-order valence-corrected chi connectivity index (χ3v) is 2.63. The number of aliphatic carboxylic acids is 1. The molecule has 1 rings (SSSR count). The molecule has 0 heterocycles. The van der Waals surface area contributed by atoms with Crippen molar-refractivity contribution in [1.29, 1.82) is 0 Å². The molecular weight excluding hydrogens is 277 g/mol. The quantitative estimate of drug-likeness (QED) is 0.847. The van der Waals surface area contributed by atoms with Crippen molar-refractivity contribution < 1.29 is 32.6 Å². The van der Waals surface area contributed by atoms with Gasteiger partial charge in [-0.05, 0) is 30.0 Å². The van der Waals surface area contributed by atoms with Crippen LogP contribution in [0.1, 0.15) is 23.1 Å². The van der Waals surface area contributed by atoms with Gasteiger partial charge in [0.05, 0.1) is 0 Å². The number of halogens is 3. The van der Waals surface area contributed by atoms with Crippen LogP contribution in [-0.2, 0) is 27.4 Å². The smallest absolute Gasteiger partial charge is 0.481 e. The van der Waals surface area contributed by atoms with Crippen LogP contribution in [0.25, 0.3) is 0 Å². The van der Waals surface area contributed by atoms with Crippen molar-refractivity contribution in [1.82, 2.24) is 0 Å². The number of carbonyl (C=O) groups is 2. The fourth-order valence-electron chi connectivity index (χ4n) is 1.51. The van der Waals surface area contributed by atoms with Gasteiger partial charge in [-0.1, -0.05) is 18.2 Å². The second-order valence-corrected chi connectivity index (χ2v) is 4.23. The Labute approximate surface area is 113 Å². The molecule has 0 aromatic heterocycles. The zero-order chi connectivity index (χ0) is 15.3. The van der Waals surface area contributed by atoms with E-state index in [-0.39, 0.29) is 12.8 Å². The lowest BCUT2D eigenvalue weighted by atomic mass is 10.0. The molecule has 20 heavy (non-hydrogen) atoms. The molecule has 4 nitrogen and oxygen atoms in total. The van der Waals surface area contributed by atoms with Gasteiger partial charge in [-0.15, -0.1) is 0 Å². The predicted molar refractivity (Wildman–Crippen MR) is 63.0 cm³/mol. The van der Waals surface area contributed by atoms with E-state index in [1.165, 1.54) is 0 Å². The van der Waals surface area contributed by atoms with Crippen LogP contribution in [-0.4, -0.2) is 23.2 Å². The number of hydrogen-bond donors (Lipinski definition) is 1. The molecule has 1 aromatic carbocycles. The topological polar surface area (TPSA) is 63.6 Å². The van der Waals surface area contributed by atoms with Gasteiger partial charge in [0.2, 0.25) is 0 Å². The number of carbonyl (C=O) groups excluding carboxylic acids is 1. The number of hydrogen-bond acceptors (Lipinski definition) is 3. The van der Waals surface area contributed by atoms with E-state index in [0.717, 1.165) is 0 Å². The zero-order valence-corrected chi connectivity index (χ0v) is 10.7. The second-order valence-electron chi connectivity index (χ2n) is 4.23. The molecule has 0 saturated carbocycles. The summed E-state index contributed by atoms with van der Waals surface area (Å²) < 4.78 is 40.2. The van der Waals surface area contributed by atoms with E-state index in [1.807, 2.05) is 0 Å². The summed E-state index contributed by atoms with van der Waals surface area (Å²) in [6, 6.07) is 4.88. The van der Waals surface area contributed by atoms with E-state index >= 15 is 0 Å². The molecule has 0 spiro atoms. The van der Waals surface area contributed by atoms with E-state index in [4.69, 9.17) is 5.11 Å². The van der Waals surface area contributed by atoms with Gasteiger partial charge < -0.3 is 9.84 Å². The minimum Gasteiger partial charge on any atom is -0.481 e. The first-order chi connectivity index (χ1) is 9.20. The van der Waals surface area contributed by atoms with Gasteiger partial charge in [0.1, 0.15) is 6.61 Å². The fraction of sp³-hybridized carbons (Fsp3) is 0.385. The Morgan fingerprint density at radius 2 is 1.95 bits per heavy atom. The lowest BCUT2D eigenvalue weighted by Crippen LogP contribution is -2.25. The van der Waals surface area contributed by atoms with Crippen molar-refractivity contribution >= 4 is 11.9 Å². The van der Waals surface area contributed by atoms with Crippen LogP contribution in [0.2, 0.25) is 0 Å². The van der Waals surface area contributed by atoms with Gasteiger partial charge in [0.15, 0.2) is 0 Å². The van der Waals surface area contributed by atoms with Crippen molar-refractivity contribution in [3.8, 4) is 0 Å². The summed E-state index contributed by atoms with van der Waals surface area (Å²) in [7, 11) is 0. The number of aryl methyl sites for hydroxylation is 2. The van der Waals surface area contributed by atoms with Crippen LogP contribution in [0.4, 0.5) is 13.2 Å². The highest BCUT2D eigenvalue weighted by Gasteiger charge is 2.40. The van der Waals surface area contributed by atoms with Crippen LogP contribution < -0.4 is 0 Å². The van der Waals surface area contributed by atoms with Crippen LogP contribution in [0.5, 0.6) is 0 Å². The SMILES string of the molecule is Cc1ccc(CCC(=O)O)cc1COC(=O)C(F)(F)F. The van der Waals surface area contributed by atoms with Crippen molar-refractivity contribution in [3.63, 3.8) is 0 Å². The molecule has 0 fully saturated rings. The number of ether oxygens (including phenoxy) is 1. The summed E-state index contributed by atoms with van der Waals surface area (Å²) in [4.78, 5) is 21.1. The Bertz CT molecular complexity index is 509. The Morgan fingerprint density at radius 1 is 1.30 bits per heavy atom. The van der Waals surface area contributed by atoms with E-state index in [2.05, 4.69) is 4.74 Å². The monoisotopic (exact) mass is 290 g/mol. The number of carboxylic acids is 1. The lowest BCUT2D eigenvalue weighted by Gasteiger charge is -2.10. The summed E-state index contributed by atoms with van der Waals surface area (Å²) in [5.74, 6) is -3.21. The molecule has 1 N–H and O–H groups in total. The first kappa shape index (κ1) is 16.0. The maximum absolute atomic E-state index is 12.0. The molecule has 0 bridgehead atoms. The minimum atomic E-state index is -5.02. The predicted octanol–water partition coefficient (Wildman–Crippen LogP) is 2.62. The zero-order valence-electron chi connectivity index (χ0n) is 10.7. The molecule has 7 heteroatoms. The van der Waals surface area contributed by atoms with Crippen LogP contribution in [0.15, 0.2) is 18.2 Å². The maximum atomic E-state index is 12.0. The average Bonchev–Trinajstić information content (AvgIpc) is 2.34. The Hall–Kier alpha value is -2.05. The highest BCUT2D eigenvalue weighted by atomic mass is 19.4. The molecule has 1 aromatic rings. The third kappa shape index (κ3) is 4.91. The average molecular weight is 290 g/mol. The molecular formula is C13H13F3O4. The van der Waals surface area contributed by atoms with E-state index in [9.17, 15) is 22.8 Å². The van der Waals surface area contributed by atoms with Gasteiger partial charge >= 0.3 is 18.1 Å². The number of rotatable bonds is 5. The van der Waals surface area contributed by atoms with Gasteiger partial charge in [-0.3, -0.25) is 4.79 Å².